The van der Waals surface area contributed by atoms with E-state index in [0.29, 0.717) is 12.2 Å². The Balaban J connectivity index is 1.57. The highest BCUT2D eigenvalue weighted by atomic mass is 16.5. The Morgan fingerprint density at radius 2 is 2.00 bits per heavy atom. The molecule has 2 aromatic rings. The number of hydrogen-bond donors (Lipinski definition) is 1. The van der Waals surface area contributed by atoms with Gasteiger partial charge in [0.1, 0.15) is 5.69 Å². The molecule has 1 aliphatic rings. The third-order valence-corrected chi connectivity index (χ3v) is 4.76. The highest BCUT2D eigenvalue weighted by Gasteiger charge is 2.13. The number of benzene rings is 1. The van der Waals surface area contributed by atoms with Gasteiger partial charge in [0.25, 0.3) is 5.91 Å². The molecule has 1 fully saturated rings. The van der Waals surface area contributed by atoms with E-state index in [1.54, 1.807) is 6.20 Å². The van der Waals surface area contributed by atoms with Crippen LogP contribution in [0.4, 0.5) is 5.69 Å². The molecular formula is C21H28N4O2. The van der Waals surface area contributed by atoms with Crippen LogP contribution in [0.1, 0.15) is 23.0 Å². The van der Waals surface area contributed by atoms with Gasteiger partial charge in [0, 0.05) is 51.2 Å². The van der Waals surface area contributed by atoms with E-state index in [9.17, 15) is 4.79 Å². The second kappa shape index (κ2) is 10.0. The van der Waals surface area contributed by atoms with Crippen LogP contribution in [0.2, 0.25) is 0 Å². The van der Waals surface area contributed by atoms with Crippen molar-refractivity contribution >= 4 is 11.6 Å². The summed E-state index contributed by atoms with van der Waals surface area (Å²) in [6, 6.07) is 14.2. The van der Waals surface area contributed by atoms with Crippen molar-refractivity contribution in [2.45, 2.75) is 13.5 Å². The van der Waals surface area contributed by atoms with Gasteiger partial charge in [-0.15, -0.1) is 0 Å². The highest BCUT2D eigenvalue weighted by molar-refractivity contribution is 5.93. The van der Waals surface area contributed by atoms with Gasteiger partial charge in [0.15, 0.2) is 0 Å². The largest absolute Gasteiger partial charge is 0.379 e. The number of nitrogens with zero attached hydrogens (tertiary/aromatic N) is 3. The van der Waals surface area contributed by atoms with E-state index in [0.717, 1.165) is 51.6 Å². The molecular weight excluding hydrogens is 340 g/mol. The zero-order valence-electron chi connectivity index (χ0n) is 15.9. The van der Waals surface area contributed by atoms with Gasteiger partial charge in [-0.3, -0.25) is 14.7 Å². The minimum atomic E-state index is -0.124. The number of amides is 1. The van der Waals surface area contributed by atoms with Gasteiger partial charge < -0.3 is 15.0 Å². The van der Waals surface area contributed by atoms with Gasteiger partial charge >= 0.3 is 0 Å². The van der Waals surface area contributed by atoms with Gasteiger partial charge in [-0.05, 0) is 24.6 Å². The molecule has 0 saturated carbocycles. The fourth-order valence-electron chi connectivity index (χ4n) is 3.17. The van der Waals surface area contributed by atoms with Crippen LogP contribution >= 0.6 is 0 Å². The third-order valence-electron chi connectivity index (χ3n) is 4.76. The van der Waals surface area contributed by atoms with Crippen molar-refractivity contribution in [2.75, 3.05) is 50.8 Å². The molecule has 0 aliphatic carbocycles. The Bertz CT molecular complexity index is 717. The first-order valence-corrected chi connectivity index (χ1v) is 9.59. The van der Waals surface area contributed by atoms with Gasteiger partial charge in [0.05, 0.1) is 13.2 Å². The maximum absolute atomic E-state index is 12.5. The van der Waals surface area contributed by atoms with Crippen molar-refractivity contribution in [3.63, 3.8) is 0 Å². The Labute approximate surface area is 161 Å². The zero-order valence-corrected chi connectivity index (χ0v) is 15.9. The van der Waals surface area contributed by atoms with Crippen molar-refractivity contribution < 1.29 is 9.53 Å². The van der Waals surface area contributed by atoms with Crippen molar-refractivity contribution in [2.24, 2.45) is 0 Å². The van der Waals surface area contributed by atoms with E-state index in [-0.39, 0.29) is 5.91 Å². The molecule has 144 valence electrons. The van der Waals surface area contributed by atoms with E-state index in [1.807, 2.05) is 30.3 Å². The maximum Gasteiger partial charge on any atom is 0.269 e. The summed E-state index contributed by atoms with van der Waals surface area (Å²) in [7, 11) is 0. The summed E-state index contributed by atoms with van der Waals surface area (Å²) >= 11 is 0. The van der Waals surface area contributed by atoms with Crippen molar-refractivity contribution in [3.05, 3.63) is 59.9 Å². The minimum Gasteiger partial charge on any atom is -0.379 e. The molecule has 6 heteroatoms. The molecule has 0 unspecified atom stereocenters. The van der Waals surface area contributed by atoms with Crippen LogP contribution in [-0.4, -0.2) is 61.7 Å². The molecule has 1 saturated heterocycles. The second-order valence-corrected chi connectivity index (χ2v) is 6.61. The summed E-state index contributed by atoms with van der Waals surface area (Å²) in [6.07, 6.45) is 1.71. The summed E-state index contributed by atoms with van der Waals surface area (Å²) in [5.41, 5.74) is 2.71. The SMILES string of the molecule is CCN(Cc1ccccc1)c1ccnc(C(=O)NCCN2CCOCC2)c1. The van der Waals surface area contributed by atoms with Crippen LogP contribution in [0.25, 0.3) is 0 Å². The van der Waals surface area contributed by atoms with Crippen LogP contribution in [0, 0.1) is 0 Å². The van der Waals surface area contributed by atoms with Crippen LogP contribution in [0.5, 0.6) is 0 Å². The molecule has 1 amide bonds. The second-order valence-electron chi connectivity index (χ2n) is 6.61. The summed E-state index contributed by atoms with van der Waals surface area (Å²) < 4.78 is 5.34. The van der Waals surface area contributed by atoms with Gasteiger partial charge in [-0.2, -0.15) is 0 Å². The first kappa shape index (κ1) is 19.3. The number of pyridine rings is 1. The number of hydrogen-bond acceptors (Lipinski definition) is 5. The van der Waals surface area contributed by atoms with Crippen LogP contribution < -0.4 is 10.2 Å². The first-order valence-electron chi connectivity index (χ1n) is 9.59. The molecule has 1 aromatic heterocycles. The van der Waals surface area contributed by atoms with Crippen LogP contribution in [-0.2, 0) is 11.3 Å². The van der Waals surface area contributed by atoms with Crippen LogP contribution in [0.15, 0.2) is 48.7 Å². The average Bonchev–Trinajstić information content (AvgIpc) is 2.73. The summed E-state index contributed by atoms with van der Waals surface area (Å²) in [5.74, 6) is -0.124. The average molecular weight is 368 g/mol. The quantitative estimate of drug-likeness (QED) is 0.774. The van der Waals surface area contributed by atoms with E-state index < -0.39 is 0 Å². The van der Waals surface area contributed by atoms with E-state index in [2.05, 4.69) is 39.2 Å². The Hall–Kier alpha value is -2.44. The topological polar surface area (TPSA) is 57.7 Å². The molecule has 1 N–H and O–H groups in total. The number of aromatic nitrogens is 1. The fourth-order valence-corrected chi connectivity index (χ4v) is 3.17. The Kier molecular flexibility index (Phi) is 7.19. The molecule has 1 aliphatic heterocycles. The molecule has 6 nitrogen and oxygen atoms in total. The summed E-state index contributed by atoms with van der Waals surface area (Å²) in [5, 5.41) is 2.98. The number of carbonyl (C=O) groups is 1. The van der Waals surface area contributed by atoms with Gasteiger partial charge in [-0.25, -0.2) is 0 Å². The molecule has 2 heterocycles. The predicted octanol–water partition coefficient (Wildman–Crippen LogP) is 2.17. The lowest BCUT2D eigenvalue weighted by Crippen LogP contribution is -2.41. The first-order chi connectivity index (χ1) is 13.3. The predicted molar refractivity (Wildman–Crippen MR) is 107 cm³/mol. The van der Waals surface area contributed by atoms with Crippen molar-refractivity contribution in [3.8, 4) is 0 Å². The Morgan fingerprint density at radius 3 is 2.74 bits per heavy atom. The molecule has 27 heavy (non-hydrogen) atoms. The normalized spacial score (nSPS) is 14.7. The number of morpholine rings is 1. The number of ether oxygens (including phenoxy) is 1. The smallest absolute Gasteiger partial charge is 0.269 e. The maximum atomic E-state index is 12.5. The van der Waals surface area contributed by atoms with Crippen molar-refractivity contribution in [1.29, 1.82) is 0 Å². The lowest BCUT2D eigenvalue weighted by atomic mass is 10.2. The lowest BCUT2D eigenvalue weighted by molar-refractivity contribution is 0.0383. The fraction of sp³-hybridized carbons (Fsp3) is 0.429. The molecule has 0 bridgehead atoms. The molecule has 0 atom stereocenters. The number of anilines is 1. The molecule has 1 aromatic carbocycles. The molecule has 0 spiro atoms. The molecule has 3 rings (SSSR count). The Morgan fingerprint density at radius 1 is 1.22 bits per heavy atom. The van der Waals surface area contributed by atoms with E-state index in [1.165, 1.54) is 5.56 Å². The monoisotopic (exact) mass is 368 g/mol. The number of nitrogens with one attached hydrogen (secondary N) is 1. The summed E-state index contributed by atoms with van der Waals surface area (Å²) in [4.78, 5) is 21.3. The highest BCUT2D eigenvalue weighted by Crippen LogP contribution is 2.17. The van der Waals surface area contributed by atoms with Gasteiger partial charge in [-0.1, -0.05) is 30.3 Å². The lowest BCUT2D eigenvalue weighted by Gasteiger charge is -2.26. The van der Waals surface area contributed by atoms with Crippen molar-refractivity contribution in [1.82, 2.24) is 15.2 Å². The minimum absolute atomic E-state index is 0.124. The van der Waals surface area contributed by atoms with E-state index in [4.69, 9.17) is 4.74 Å². The zero-order chi connectivity index (χ0) is 18.9. The third kappa shape index (κ3) is 5.77. The standard InChI is InChI=1S/C21H28N4O2/c1-2-25(17-18-6-4-3-5-7-18)19-8-9-22-20(16-19)21(26)23-10-11-24-12-14-27-15-13-24/h3-9,16H,2,10-15,17H2,1H3,(H,23,26). The number of carbonyl (C=O) groups excluding carboxylic acids is 1. The van der Waals surface area contributed by atoms with Crippen LogP contribution in [0.3, 0.4) is 0 Å². The van der Waals surface area contributed by atoms with E-state index >= 15 is 0 Å². The molecule has 0 radical (unpaired) electrons. The van der Waals surface area contributed by atoms with Gasteiger partial charge in [0.2, 0.25) is 0 Å². The summed E-state index contributed by atoms with van der Waals surface area (Å²) in [6.45, 7) is 8.62. The number of rotatable bonds is 8.